The summed E-state index contributed by atoms with van der Waals surface area (Å²) in [6, 6.07) is 12.4. The third-order valence-corrected chi connectivity index (χ3v) is 6.20. The van der Waals surface area contributed by atoms with Crippen molar-refractivity contribution in [2.24, 2.45) is 0 Å². The van der Waals surface area contributed by atoms with Crippen LogP contribution in [-0.4, -0.2) is 36.4 Å². The van der Waals surface area contributed by atoms with Crippen LogP contribution in [0.3, 0.4) is 0 Å². The number of aromatic nitrogens is 1. The van der Waals surface area contributed by atoms with Gasteiger partial charge < -0.3 is 9.80 Å². The lowest BCUT2D eigenvalue weighted by Crippen LogP contribution is -3.09. The number of amides is 1. The van der Waals surface area contributed by atoms with Gasteiger partial charge in [-0.15, -0.1) is 11.3 Å². The Morgan fingerprint density at radius 2 is 2.04 bits per heavy atom. The van der Waals surface area contributed by atoms with Gasteiger partial charge in [-0.05, 0) is 31.2 Å². The van der Waals surface area contributed by atoms with E-state index in [0.29, 0.717) is 17.1 Å². The number of fused-ring (bicyclic) bond motifs is 1. The smallest absolute Gasteiger partial charge is 0.278 e. The van der Waals surface area contributed by atoms with E-state index in [1.165, 1.54) is 6.07 Å². The molecule has 3 rings (SSSR count). The fourth-order valence-electron chi connectivity index (χ4n) is 2.90. The number of carbonyl (C=O) groups is 1. The van der Waals surface area contributed by atoms with Crippen molar-refractivity contribution in [1.82, 2.24) is 9.88 Å². The zero-order valence-electron chi connectivity index (χ0n) is 15.5. The average molecular weight is 407 g/mol. The molecule has 2 aromatic carbocycles. The van der Waals surface area contributed by atoms with E-state index in [2.05, 4.69) is 4.98 Å². The van der Waals surface area contributed by atoms with Crippen molar-refractivity contribution >= 4 is 39.1 Å². The highest BCUT2D eigenvalue weighted by atomic mass is 35.5. The van der Waals surface area contributed by atoms with Crippen LogP contribution >= 0.6 is 22.9 Å². The molecule has 0 fully saturated rings. The van der Waals surface area contributed by atoms with Gasteiger partial charge in [-0.25, -0.2) is 9.37 Å². The number of nitrogens with zero attached hydrogens (tertiary/aromatic N) is 2. The van der Waals surface area contributed by atoms with Crippen LogP contribution in [0.4, 0.5) is 4.39 Å². The van der Waals surface area contributed by atoms with Crippen molar-refractivity contribution in [3.8, 4) is 0 Å². The number of halogens is 2. The molecule has 0 radical (unpaired) electrons. The first kappa shape index (κ1) is 19.7. The van der Waals surface area contributed by atoms with Gasteiger partial charge >= 0.3 is 0 Å². The van der Waals surface area contributed by atoms with E-state index in [4.69, 9.17) is 11.6 Å². The molecule has 27 heavy (non-hydrogen) atoms. The first-order valence-electron chi connectivity index (χ1n) is 8.72. The second kappa shape index (κ2) is 8.33. The van der Waals surface area contributed by atoms with Crippen LogP contribution in [0.1, 0.15) is 23.5 Å². The van der Waals surface area contributed by atoms with E-state index < -0.39 is 0 Å². The molecule has 0 saturated heterocycles. The van der Waals surface area contributed by atoms with Crippen molar-refractivity contribution < 1.29 is 14.1 Å². The van der Waals surface area contributed by atoms with E-state index in [9.17, 15) is 9.18 Å². The molecule has 142 valence electrons. The summed E-state index contributed by atoms with van der Waals surface area (Å²) >= 11 is 7.68. The Hall–Kier alpha value is -2.02. The molecule has 0 saturated carbocycles. The van der Waals surface area contributed by atoms with Crippen LogP contribution in [0, 0.1) is 5.82 Å². The number of benzene rings is 2. The van der Waals surface area contributed by atoms with Crippen LogP contribution < -0.4 is 4.90 Å². The van der Waals surface area contributed by atoms with E-state index in [1.54, 1.807) is 35.4 Å². The maximum Gasteiger partial charge on any atom is 0.278 e. The van der Waals surface area contributed by atoms with E-state index in [1.807, 2.05) is 38.2 Å². The van der Waals surface area contributed by atoms with Crippen LogP contribution in [0.2, 0.25) is 5.02 Å². The molecule has 1 aromatic heterocycles. The summed E-state index contributed by atoms with van der Waals surface area (Å²) in [6.07, 6.45) is 0. The Morgan fingerprint density at radius 1 is 1.30 bits per heavy atom. The van der Waals surface area contributed by atoms with Crippen molar-refractivity contribution in [1.29, 1.82) is 0 Å². The van der Waals surface area contributed by atoms with Gasteiger partial charge in [-0.1, -0.05) is 29.8 Å². The van der Waals surface area contributed by atoms with Gasteiger partial charge in [-0.3, -0.25) is 4.79 Å². The predicted octanol–water partition coefficient (Wildman–Crippen LogP) is 3.32. The summed E-state index contributed by atoms with van der Waals surface area (Å²) in [4.78, 5) is 19.9. The maximum absolute atomic E-state index is 14.0. The van der Waals surface area contributed by atoms with Gasteiger partial charge in [-0.2, -0.15) is 0 Å². The van der Waals surface area contributed by atoms with Crippen LogP contribution in [0.25, 0.3) is 10.2 Å². The summed E-state index contributed by atoms with van der Waals surface area (Å²) < 4.78 is 15.1. The molecule has 0 spiro atoms. The first-order valence-corrected chi connectivity index (χ1v) is 9.91. The van der Waals surface area contributed by atoms with E-state index >= 15 is 0 Å². The first-order chi connectivity index (χ1) is 12.9. The topological polar surface area (TPSA) is 37.6 Å². The summed E-state index contributed by atoms with van der Waals surface area (Å²) in [5.74, 6) is -0.364. The molecular formula is C20H22ClFN3OS+. The number of likely N-dealkylation sites (N-methyl/N-ethyl adjacent to an activating group) is 2. The van der Waals surface area contributed by atoms with E-state index in [0.717, 1.165) is 20.1 Å². The summed E-state index contributed by atoms with van der Waals surface area (Å²) in [5.41, 5.74) is 1.38. The number of hydrogen-bond acceptors (Lipinski definition) is 3. The fourth-order valence-corrected chi connectivity index (χ4v) is 4.19. The molecule has 0 aliphatic carbocycles. The highest BCUT2D eigenvalue weighted by molar-refractivity contribution is 7.18. The molecule has 2 atom stereocenters. The normalized spacial score (nSPS) is 13.5. The molecular weight excluding hydrogens is 385 g/mol. The molecule has 1 unspecified atom stereocenters. The van der Waals surface area contributed by atoms with E-state index in [-0.39, 0.29) is 24.3 Å². The Balaban J connectivity index is 1.65. The quantitative estimate of drug-likeness (QED) is 0.681. The molecule has 4 nitrogen and oxygen atoms in total. The van der Waals surface area contributed by atoms with Gasteiger partial charge in [0.05, 0.1) is 33.9 Å². The summed E-state index contributed by atoms with van der Waals surface area (Å²) in [5, 5.41) is 1.29. The Kier molecular flexibility index (Phi) is 6.09. The van der Waals surface area contributed by atoms with Crippen molar-refractivity contribution in [3.63, 3.8) is 0 Å². The van der Waals surface area contributed by atoms with Crippen LogP contribution in [-0.2, 0) is 11.3 Å². The summed E-state index contributed by atoms with van der Waals surface area (Å²) in [7, 11) is 3.64. The third kappa shape index (κ3) is 4.46. The Labute approximate surface area is 167 Å². The van der Waals surface area contributed by atoms with Gasteiger partial charge in [0, 0.05) is 7.05 Å². The van der Waals surface area contributed by atoms with Gasteiger partial charge in [0.1, 0.15) is 17.4 Å². The SMILES string of the molecule is C[C@@H](c1nc2ccccc2s1)N(C)C(=O)C[NH+](C)Cc1c(F)cccc1Cl. The second-order valence-corrected chi connectivity index (χ2v) is 8.18. The average Bonchev–Trinajstić information content (AvgIpc) is 3.07. The minimum absolute atomic E-state index is 0.0216. The molecule has 1 amide bonds. The fraction of sp³-hybridized carbons (Fsp3) is 0.300. The van der Waals surface area contributed by atoms with Crippen LogP contribution in [0.15, 0.2) is 42.5 Å². The molecule has 1 N–H and O–H groups in total. The molecule has 1 heterocycles. The monoisotopic (exact) mass is 406 g/mol. The lowest BCUT2D eigenvalue weighted by molar-refractivity contribution is -0.885. The number of hydrogen-bond donors (Lipinski definition) is 1. The lowest BCUT2D eigenvalue weighted by atomic mass is 10.2. The Bertz CT molecular complexity index is 908. The number of rotatable bonds is 6. The highest BCUT2D eigenvalue weighted by Crippen LogP contribution is 2.28. The minimum Gasteiger partial charge on any atom is -0.332 e. The molecule has 0 bridgehead atoms. The minimum atomic E-state index is -0.342. The van der Waals surface area contributed by atoms with Gasteiger partial charge in [0.2, 0.25) is 0 Å². The number of nitrogens with one attached hydrogen (secondary N) is 1. The predicted molar refractivity (Wildman–Crippen MR) is 108 cm³/mol. The molecule has 3 aromatic rings. The standard InChI is InChI=1S/C20H21ClFN3OS/c1-13(20-23-17-9-4-5-10-18(17)27-20)25(3)19(26)12-24(2)11-14-15(21)7-6-8-16(14)22/h4-10,13H,11-12H2,1-3H3/p+1/t13-/m0/s1. The number of carbonyl (C=O) groups excluding carboxylic acids is 1. The second-order valence-electron chi connectivity index (χ2n) is 6.71. The number of quaternary nitrogens is 1. The van der Waals surface area contributed by atoms with Gasteiger partial charge in [0.15, 0.2) is 6.54 Å². The molecule has 0 aliphatic heterocycles. The van der Waals surface area contributed by atoms with Gasteiger partial charge in [0.25, 0.3) is 5.91 Å². The molecule has 7 heteroatoms. The maximum atomic E-state index is 14.0. The zero-order chi connectivity index (χ0) is 19.6. The molecule has 0 aliphatic rings. The van der Waals surface area contributed by atoms with Crippen molar-refractivity contribution in [2.45, 2.75) is 19.5 Å². The third-order valence-electron chi connectivity index (χ3n) is 4.64. The summed E-state index contributed by atoms with van der Waals surface area (Å²) in [6.45, 7) is 2.57. The largest absolute Gasteiger partial charge is 0.332 e. The van der Waals surface area contributed by atoms with Crippen molar-refractivity contribution in [2.75, 3.05) is 20.6 Å². The lowest BCUT2D eigenvalue weighted by Gasteiger charge is -2.24. The highest BCUT2D eigenvalue weighted by Gasteiger charge is 2.24. The number of thiazole rings is 1. The van der Waals surface area contributed by atoms with Crippen LogP contribution in [0.5, 0.6) is 0 Å². The number of para-hydroxylation sites is 1. The zero-order valence-corrected chi connectivity index (χ0v) is 17.1. The van der Waals surface area contributed by atoms with Crippen molar-refractivity contribution in [3.05, 3.63) is 63.9 Å². The Morgan fingerprint density at radius 3 is 2.74 bits per heavy atom.